The van der Waals surface area contributed by atoms with Gasteiger partial charge in [0.1, 0.15) is 5.75 Å². The molecular formula is C30H32N4O8. The minimum absolute atomic E-state index is 0.290. The van der Waals surface area contributed by atoms with Crippen molar-refractivity contribution in [1.29, 1.82) is 0 Å². The van der Waals surface area contributed by atoms with Crippen LogP contribution < -0.4 is 25.6 Å². The molecule has 1 atom stereocenters. The highest BCUT2D eigenvalue weighted by Crippen LogP contribution is 2.34. The molecule has 0 aliphatic heterocycles. The van der Waals surface area contributed by atoms with Gasteiger partial charge in [-0.15, -0.1) is 0 Å². The van der Waals surface area contributed by atoms with Crippen molar-refractivity contribution in [2.75, 3.05) is 22.6 Å². The Kier molecular flexibility index (Phi) is 10.6. The van der Waals surface area contributed by atoms with Crippen molar-refractivity contribution in [3.8, 4) is 5.75 Å². The van der Waals surface area contributed by atoms with Crippen LogP contribution in [0, 0.1) is 6.92 Å². The molecule has 0 bridgehead atoms. The Morgan fingerprint density at radius 2 is 1.48 bits per heavy atom. The number of hydrogen-bond acceptors (Lipinski definition) is 6. The lowest BCUT2D eigenvalue weighted by atomic mass is 10.0. The third kappa shape index (κ3) is 8.55. The molecule has 0 radical (unpaired) electrons. The average Bonchev–Trinajstić information content (AvgIpc) is 2.93. The van der Waals surface area contributed by atoms with Gasteiger partial charge in [0.2, 0.25) is 11.8 Å². The summed E-state index contributed by atoms with van der Waals surface area (Å²) in [5, 5.41) is 26.2. The second-order valence-corrected chi connectivity index (χ2v) is 9.34. The number of methoxy groups -OCH3 is 1. The summed E-state index contributed by atoms with van der Waals surface area (Å²) in [6.07, 6.45) is -1.09. The number of ether oxygens (including phenoxy) is 1. The molecule has 4 amide bonds. The number of amides is 4. The van der Waals surface area contributed by atoms with E-state index in [2.05, 4.69) is 16.0 Å². The number of rotatable bonds is 12. The molecule has 42 heavy (non-hydrogen) atoms. The van der Waals surface area contributed by atoms with Crippen LogP contribution in [0.1, 0.15) is 43.4 Å². The molecule has 0 aliphatic carbocycles. The molecule has 0 unspecified atom stereocenters. The van der Waals surface area contributed by atoms with E-state index in [1.54, 1.807) is 48.5 Å². The SMILES string of the molecule is COc1cc(N(C(C)=O)c2ccc([C@@H](CC(=O)O)NC(=O)CCC(=O)O)cc2)ccc1NC(=O)Nc1ccccc1C. The molecule has 12 heteroatoms. The number of carbonyl (C=O) groups is 5. The van der Waals surface area contributed by atoms with Crippen molar-refractivity contribution in [2.24, 2.45) is 0 Å². The van der Waals surface area contributed by atoms with Gasteiger partial charge in [0, 0.05) is 30.8 Å². The predicted octanol–water partition coefficient (Wildman–Crippen LogP) is 4.83. The number of benzene rings is 3. The number of aryl methyl sites for hydroxylation is 1. The fourth-order valence-electron chi connectivity index (χ4n) is 4.19. The molecule has 0 saturated carbocycles. The number of carboxylic acid groups (broad SMARTS) is 2. The highest BCUT2D eigenvalue weighted by Gasteiger charge is 2.21. The van der Waals surface area contributed by atoms with Crippen LogP contribution in [0.4, 0.5) is 27.5 Å². The molecule has 0 fully saturated rings. The van der Waals surface area contributed by atoms with E-state index in [1.165, 1.54) is 18.9 Å². The highest BCUT2D eigenvalue weighted by molar-refractivity contribution is 6.03. The molecule has 0 saturated heterocycles. The summed E-state index contributed by atoms with van der Waals surface area (Å²) >= 11 is 0. The molecule has 5 N–H and O–H groups in total. The van der Waals surface area contributed by atoms with Crippen molar-refractivity contribution in [1.82, 2.24) is 5.32 Å². The maximum atomic E-state index is 12.7. The zero-order valence-corrected chi connectivity index (χ0v) is 23.3. The number of carbonyl (C=O) groups excluding carboxylic acids is 3. The van der Waals surface area contributed by atoms with Crippen LogP contribution in [0.15, 0.2) is 66.7 Å². The summed E-state index contributed by atoms with van der Waals surface area (Å²) in [7, 11) is 1.43. The minimum atomic E-state index is -1.15. The van der Waals surface area contributed by atoms with Crippen molar-refractivity contribution in [2.45, 2.75) is 39.2 Å². The van der Waals surface area contributed by atoms with Crippen LogP contribution in [0.3, 0.4) is 0 Å². The Labute approximate surface area is 242 Å². The van der Waals surface area contributed by atoms with E-state index in [0.29, 0.717) is 34.1 Å². The first-order valence-electron chi connectivity index (χ1n) is 12.9. The van der Waals surface area contributed by atoms with E-state index in [-0.39, 0.29) is 18.7 Å². The number of aliphatic carboxylic acids is 2. The van der Waals surface area contributed by atoms with E-state index >= 15 is 0 Å². The molecule has 3 aromatic carbocycles. The lowest BCUT2D eigenvalue weighted by molar-refractivity contribution is -0.140. The van der Waals surface area contributed by atoms with E-state index < -0.39 is 36.3 Å². The summed E-state index contributed by atoms with van der Waals surface area (Å²) in [5.41, 5.74) is 3.29. The lowest BCUT2D eigenvalue weighted by Crippen LogP contribution is -2.30. The van der Waals surface area contributed by atoms with Crippen LogP contribution in [-0.4, -0.2) is 47.1 Å². The third-order valence-electron chi connectivity index (χ3n) is 6.23. The normalized spacial score (nSPS) is 11.1. The summed E-state index contributed by atoms with van der Waals surface area (Å²) in [6.45, 7) is 3.25. The zero-order chi connectivity index (χ0) is 30.8. The Bertz CT molecular complexity index is 1470. The second kappa shape index (κ2) is 14.3. The Hall–Kier alpha value is -5.39. The van der Waals surface area contributed by atoms with Crippen LogP contribution in [-0.2, 0) is 19.2 Å². The fourth-order valence-corrected chi connectivity index (χ4v) is 4.19. The van der Waals surface area contributed by atoms with Crippen LogP contribution in [0.25, 0.3) is 0 Å². The standard InChI is InChI=1S/C30H32N4O8/c1-18-6-4-5-7-23(18)32-30(41)33-24-13-12-22(16-26(24)42-3)34(19(2)35)21-10-8-20(9-11-21)25(17-29(39)40)31-27(36)14-15-28(37)38/h4-13,16,25H,14-15,17H2,1-3H3,(H,31,36)(H,37,38)(H,39,40)(H2,32,33,41)/t25-/m1/s1. The number of urea groups is 1. The number of anilines is 4. The smallest absolute Gasteiger partial charge is 0.323 e. The molecule has 3 aromatic rings. The minimum Gasteiger partial charge on any atom is -0.494 e. The van der Waals surface area contributed by atoms with E-state index in [0.717, 1.165) is 5.56 Å². The van der Waals surface area contributed by atoms with E-state index in [4.69, 9.17) is 9.84 Å². The number of para-hydroxylation sites is 1. The molecule has 0 aliphatic rings. The third-order valence-corrected chi connectivity index (χ3v) is 6.23. The maximum absolute atomic E-state index is 12.7. The van der Waals surface area contributed by atoms with Gasteiger partial charge in [0.25, 0.3) is 0 Å². The van der Waals surface area contributed by atoms with Gasteiger partial charge in [-0.05, 0) is 48.4 Å². The summed E-state index contributed by atoms with van der Waals surface area (Å²) in [5.74, 6) is -2.90. The summed E-state index contributed by atoms with van der Waals surface area (Å²) < 4.78 is 5.47. The largest absolute Gasteiger partial charge is 0.494 e. The number of nitrogens with one attached hydrogen (secondary N) is 3. The van der Waals surface area contributed by atoms with Crippen molar-refractivity contribution >= 4 is 52.5 Å². The van der Waals surface area contributed by atoms with Crippen LogP contribution in [0.5, 0.6) is 5.75 Å². The first-order chi connectivity index (χ1) is 20.0. The first-order valence-corrected chi connectivity index (χ1v) is 12.9. The number of carboxylic acids is 2. The van der Waals surface area contributed by atoms with Crippen molar-refractivity contribution in [3.05, 3.63) is 77.9 Å². The topological polar surface area (TPSA) is 174 Å². The van der Waals surface area contributed by atoms with Crippen LogP contribution in [0.2, 0.25) is 0 Å². The average molecular weight is 577 g/mol. The van der Waals surface area contributed by atoms with Gasteiger partial charge in [0.15, 0.2) is 0 Å². The Morgan fingerprint density at radius 3 is 2.07 bits per heavy atom. The quantitative estimate of drug-likeness (QED) is 0.204. The van der Waals surface area contributed by atoms with Crippen molar-refractivity contribution in [3.63, 3.8) is 0 Å². The zero-order valence-electron chi connectivity index (χ0n) is 23.3. The summed E-state index contributed by atoms with van der Waals surface area (Å²) in [4.78, 5) is 61.0. The molecule has 0 spiro atoms. The van der Waals surface area contributed by atoms with Crippen LogP contribution >= 0.6 is 0 Å². The highest BCUT2D eigenvalue weighted by atomic mass is 16.5. The Balaban J connectivity index is 1.81. The second-order valence-electron chi connectivity index (χ2n) is 9.34. The lowest BCUT2D eigenvalue weighted by Gasteiger charge is -2.24. The molecule has 220 valence electrons. The monoisotopic (exact) mass is 576 g/mol. The van der Waals surface area contributed by atoms with Gasteiger partial charge in [-0.1, -0.05) is 30.3 Å². The van der Waals surface area contributed by atoms with Gasteiger partial charge in [-0.2, -0.15) is 0 Å². The molecular weight excluding hydrogens is 544 g/mol. The van der Waals surface area contributed by atoms with Gasteiger partial charge in [0.05, 0.1) is 37.4 Å². The number of hydrogen-bond donors (Lipinski definition) is 5. The van der Waals surface area contributed by atoms with Gasteiger partial charge in [-0.25, -0.2) is 4.79 Å². The van der Waals surface area contributed by atoms with E-state index in [9.17, 15) is 29.1 Å². The molecule has 12 nitrogen and oxygen atoms in total. The first kappa shape index (κ1) is 31.1. The fraction of sp³-hybridized carbons (Fsp3) is 0.233. The van der Waals surface area contributed by atoms with Crippen molar-refractivity contribution < 1.29 is 38.9 Å². The van der Waals surface area contributed by atoms with Gasteiger partial charge < -0.3 is 30.9 Å². The van der Waals surface area contributed by atoms with Gasteiger partial charge in [-0.3, -0.25) is 24.1 Å². The predicted molar refractivity (Wildman–Crippen MR) is 156 cm³/mol. The van der Waals surface area contributed by atoms with E-state index in [1.807, 2.05) is 25.1 Å². The number of nitrogens with zero attached hydrogens (tertiary/aromatic N) is 1. The molecule has 0 aromatic heterocycles. The summed E-state index contributed by atoms with van der Waals surface area (Å²) in [6, 6.07) is 17.2. The Morgan fingerprint density at radius 1 is 0.833 bits per heavy atom. The van der Waals surface area contributed by atoms with Gasteiger partial charge >= 0.3 is 18.0 Å². The molecule has 0 heterocycles. The maximum Gasteiger partial charge on any atom is 0.323 e. The molecule has 3 rings (SSSR count).